The summed E-state index contributed by atoms with van der Waals surface area (Å²) in [5.41, 5.74) is 3.50. The Morgan fingerprint density at radius 3 is 2.86 bits per heavy atom. The molecule has 0 aliphatic heterocycles. The number of anilines is 2. The molecule has 0 aliphatic rings. The lowest BCUT2D eigenvalue weighted by Crippen LogP contribution is -2.14. The molecule has 0 aliphatic carbocycles. The largest absolute Gasteiger partial charge is 0.395 e. The molecule has 8 nitrogen and oxygen atoms in total. The van der Waals surface area contributed by atoms with Gasteiger partial charge in [0.25, 0.3) is 5.91 Å². The van der Waals surface area contributed by atoms with Crippen LogP contribution >= 0.6 is 11.6 Å². The van der Waals surface area contributed by atoms with Gasteiger partial charge in [-0.25, -0.2) is 4.98 Å². The minimum absolute atomic E-state index is 0.0278. The molecule has 0 bridgehead atoms. The van der Waals surface area contributed by atoms with Crippen molar-refractivity contribution in [2.75, 3.05) is 23.8 Å². The second-order valence-corrected chi connectivity index (χ2v) is 6.53. The second kappa shape index (κ2) is 9.10. The van der Waals surface area contributed by atoms with E-state index in [1.165, 1.54) is 12.3 Å². The number of hydrogen-bond acceptors (Lipinski definition) is 7. The van der Waals surface area contributed by atoms with Crippen LogP contribution in [0.1, 0.15) is 21.6 Å². The smallest absolute Gasteiger partial charge is 0.276 e. The highest BCUT2D eigenvalue weighted by molar-refractivity contribution is 6.29. The van der Waals surface area contributed by atoms with E-state index in [0.29, 0.717) is 23.2 Å². The summed E-state index contributed by atoms with van der Waals surface area (Å²) in [6, 6.07) is 12.3. The number of pyridine rings is 1. The first-order valence-electron chi connectivity index (χ1n) is 8.67. The number of halogens is 1. The normalized spacial score (nSPS) is 10.3. The van der Waals surface area contributed by atoms with Crippen molar-refractivity contribution >= 4 is 29.0 Å². The third kappa shape index (κ3) is 5.04. The number of benzene rings is 1. The van der Waals surface area contributed by atoms with Gasteiger partial charge >= 0.3 is 0 Å². The molecular formula is C20H17ClN6O2. The average molecular weight is 409 g/mol. The monoisotopic (exact) mass is 408 g/mol. The minimum atomic E-state index is -0.470. The summed E-state index contributed by atoms with van der Waals surface area (Å²) in [7, 11) is 0. The van der Waals surface area contributed by atoms with Gasteiger partial charge in [0.15, 0.2) is 5.69 Å². The molecule has 0 unspecified atom stereocenters. The van der Waals surface area contributed by atoms with Crippen LogP contribution in [0.4, 0.5) is 11.5 Å². The van der Waals surface area contributed by atoms with E-state index < -0.39 is 5.91 Å². The fraction of sp³-hybridized carbons (Fsp3) is 0.150. The molecule has 0 radical (unpaired) electrons. The second-order valence-electron chi connectivity index (χ2n) is 6.14. The van der Waals surface area contributed by atoms with Crippen LogP contribution in [0.3, 0.4) is 0 Å². The molecule has 0 spiro atoms. The van der Waals surface area contributed by atoms with Gasteiger partial charge < -0.3 is 15.7 Å². The van der Waals surface area contributed by atoms with Crippen molar-refractivity contribution in [3.05, 3.63) is 64.6 Å². The third-order valence-electron chi connectivity index (χ3n) is 4.03. The molecule has 1 amide bonds. The molecule has 1 aromatic carbocycles. The summed E-state index contributed by atoms with van der Waals surface area (Å²) in [5.74, 6) is 0.0708. The molecule has 0 atom stereocenters. The zero-order valence-electron chi connectivity index (χ0n) is 15.5. The van der Waals surface area contributed by atoms with Crippen molar-refractivity contribution < 1.29 is 9.90 Å². The highest BCUT2D eigenvalue weighted by atomic mass is 35.5. The van der Waals surface area contributed by atoms with Crippen molar-refractivity contribution in [1.82, 2.24) is 15.2 Å². The van der Waals surface area contributed by atoms with Crippen molar-refractivity contribution in [3.8, 4) is 17.2 Å². The van der Waals surface area contributed by atoms with Crippen molar-refractivity contribution in [2.24, 2.45) is 0 Å². The summed E-state index contributed by atoms with van der Waals surface area (Å²) < 4.78 is 0. The molecule has 146 valence electrons. The number of nitriles is 1. The van der Waals surface area contributed by atoms with Crippen LogP contribution in [0.15, 0.2) is 42.6 Å². The predicted octanol–water partition coefficient (Wildman–Crippen LogP) is 3.03. The first-order valence-corrected chi connectivity index (χ1v) is 9.05. The fourth-order valence-electron chi connectivity index (χ4n) is 2.67. The van der Waals surface area contributed by atoms with Gasteiger partial charge in [-0.05, 0) is 53.9 Å². The number of rotatable bonds is 6. The Bertz CT molecular complexity index is 1100. The van der Waals surface area contributed by atoms with E-state index in [4.69, 9.17) is 22.0 Å². The molecular weight excluding hydrogens is 392 g/mol. The van der Waals surface area contributed by atoms with Gasteiger partial charge in [-0.2, -0.15) is 10.4 Å². The maximum atomic E-state index is 12.5. The zero-order chi connectivity index (χ0) is 20.8. The predicted molar refractivity (Wildman–Crippen MR) is 110 cm³/mol. The lowest BCUT2D eigenvalue weighted by molar-refractivity contribution is 0.102. The highest BCUT2D eigenvalue weighted by Gasteiger charge is 2.12. The van der Waals surface area contributed by atoms with Crippen LogP contribution in [-0.4, -0.2) is 39.3 Å². The molecule has 3 rings (SSSR count). The van der Waals surface area contributed by atoms with Crippen LogP contribution in [0.2, 0.25) is 5.15 Å². The van der Waals surface area contributed by atoms with E-state index in [0.717, 1.165) is 16.7 Å². The topological polar surface area (TPSA) is 124 Å². The number of aliphatic hydroxyl groups excluding tert-OH is 1. The lowest BCUT2D eigenvalue weighted by Gasteiger charge is -2.12. The average Bonchev–Trinajstić information content (AvgIpc) is 2.73. The lowest BCUT2D eigenvalue weighted by atomic mass is 10.0. The standard InChI is InChI=1S/C20H17ClN6O2/c1-12-2-3-15(25-20(29)17-6-13(10-22)11-24-27-17)9-16(12)14-7-18(21)26-19(8-14)23-4-5-28/h2-3,6-9,11,28H,4-5H2,1H3,(H,23,26)(H,25,29). The highest BCUT2D eigenvalue weighted by Crippen LogP contribution is 2.30. The summed E-state index contributed by atoms with van der Waals surface area (Å²) in [6.45, 7) is 2.27. The number of nitrogens with zero attached hydrogens (tertiary/aromatic N) is 4. The Morgan fingerprint density at radius 2 is 2.10 bits per heavy atom. The molecule has 0 saturated carbocycles. The van der Waals surface area contributed by atoms with Gasteiger partial charge in [-0.15, -0.1) is 5.10 Å². The number of aromatic nitrogens is 3. The van der Waals surface area contributed by atoms with E-state index in [1.54, 1.807) is 12.1 Å². The molecule has 2 heterocycles. The van der Waals surface area contributed by atoms with Gasteiger partial charge in [-0.1, -0.05) is 17.7 Å². The Hall–Kier alpha value is -3.54. The SMILES string of the molecule is Cc1ccc(NC(=O)c2cc(C#N)cnn2)cc1-c1cc(Cl)nc(NCCO)c1. The summed E-state index contributed by atoms with van der Waals surface area (Å²) in [5, 5.41) is 31.4. The van der Waals surface area contributed by atoms with E-state index in [-0.39, 0.29) is 17.9 Å². The van der Waals surface area contributed by atoms with E-state index in [2.05, 4.69) is 25.8 Å². The third-order valence-corrected chi connectivity index (χ3v) is 4.23. The van der Waals surface area contributed by atoms with Crippen LogP contribution < -0.4 is 10.6 Å². The molecule has 3 N–H and O–H groups in total. The van der Waals surface area contributed by atoms with Crippen LogP contribution in [-0.2, 0) is 0 Å². The van der Waals surface area contributed by atoms with Crippen molar-refractivity contribution in [2.45, 2.75) is 6.92 Å². The van der Waals surface area contributed by atoms with Gasteiger partial charge in [0.05, 0.1) is 18.4 Å². The quantitative estimate of drug-likeness (QED) is 0.535. The minimum Gasteiger partial charge on any atom is -0.395 e. The van der Waals surface area contributed by atoms with Gasteiger partial charge in [0.2, 0.25) is 0 Å². The molecule has 29 heavy (non-hydrogen) atoms. The van der Waals surface area contributed by atoms with Gasteiger partial charge in [-0.3, -0.25) is 4.79 Å². The van der Waals surface area contributed by atoms with Gasteiger partial charge in [0, 0.05) is 12.2 Å². The molecule has 0 saturated heterocycles. The first kappa shape index (κ1) is 20.2. The molecule has 3 aromatic rings. The van der Waals surface area contributed by atoms with Crippen LogP contribution in [0.5, 0.6) is 0 Å². The fourth-order valence-corrected chi connectivity index (χ4v) is 2.88. The van der Waals surface area contributed by atoms with Crippen LogP contribution in [0.25, 0.3) is 11.1 Å². The molecule has 0 fully saturated rings. The Kier molecular flexibility index (Phi) is 6.34. The Labute approximate surface area is 172 Å². The van der Waals surface area contributed by atoms with Crippen molar-refractivity contribution in [1.29, 1.82) is 5.26 Å². The number of aryl methyl sites for hydroxylation is 1. The maximum absolute atomic E-state index is 12.5. The molecule has 2 aromatic heterocycles. The number of amides is 1. The summed E-state index contributed by atoms with van der Waals surface area (Å²) in [6.07, 6.45) is 1.29. The number of nitrogens with one attached hydrogen (secondary N) is 2. The van der Waals surface area contributed by atoms with E-state index in [9.17, 15) is 4.79 Å². The number of carbonyl (C=O) groups is 1. The van der Waals surface area contributed by atoms with E-state index >= 15 is 0 Å². The van der Waals surface area contributed by atoms with Crippen molar-refractivity contribution in [3.63, 3.8) is 0 Å². The number of aliphatic hydroxyl groups is 1. The summed E-state index contributed by atoms with van der Waals surface area (Å²) >= 11 is 6.14. The Balaban J connectivity index is 1.89. The number of carbonyl (C=O) groups excluding carboxylic acids is 1. The molecule has 9 heteroatoms. The van der Waals surface area contributed by atoms with Gasteiger partial charge in [0.1, 0.15) is 17.0 Å². The number of hydrogen-bond donors (Lipinski definition) is 3. The zero-order valence-corrected chi connectivity index (χ0v) is 16.2. The summed E-state index contributed by atoms with van der Waals surface area (Å²) in [4.78, 5) is 16.6. The van der Waals surface area contributed by atoms with Crippen LogP contribution in [0, 0.1) is 18.3 Å². The Morgan fingerprint density at radius 1 is 1.28 bits per heavy atom. The first-order chi connectivity index (χ1) is 14.0. The maximum Gasteiger partial charge on any atom is 0.276 e. The van der Waals surface area contributed by atoms with E-state index in [1.807, 2.05) is 31.2 Å².